The standard InChI is InChI=1S/C12H20N2O3/c1-8(11(16)17)9-6-14(7-9)10(15)5-12(13)3-2-4-12/h8-9H,2-7,13H2,1H3,(H,16,17). The molecule has 5 nitrogen and oxygen atoms in total. The summed E-state index contributed by atoms with van der Waals surface area (Å²) in [7, 11) is 0. The van der Waals surface area contributed by atoms with Crippen molar-refractivity contribution >= 4 is 11.9 Å². The summed E-state index contributed by atoms with van der Waals surface area (Å²) in [6.45, 7) is 2.84. The zero-order valence-corrected chi connectivity index (χ0v) is 10.2. The van der Waals surface area contributed by atoms with E-state index in [1.165, 1.54) is 0 Å². The number of nitrogens with zero attached hydrogens (tertiary/aromatic N) is 1. The van der Waals surface area contributed by atoms with E-state index >= 15 is 0 Å². The van der Waals surface area contributed by atoms with E-state index < -0.39 is 5.97 Å². The quantitative estimate of drug-likeness (QED) is 0.746. The van der Waals surface area contributed by atoms with Crippen LogP contribution in [-0.4, -0.2) is 40.5 Å². The van der Waals surface area contributed by atoms with Crippen LogP contribution in [0.25, 0.3) is 0 Å². The number of hydrogen-bond acceptors (Lipinski definition) is 3. The highest BCUT2D eigenvalue weighted by Gasteiger charge is 2.41. The minimum Gasteiger partial charge on any atom is -0.481 e. The number of amides is 1. The second-order valence-corrected chi connectivity index (χ2v) is 5.58. The Hall–Kier alpha value is -1.10. The van der Waals surface area contributed by atoms with E-state index in [0.29, 0.717) is 19.5 Å². The van der Waals surface area contributed by atoms with Gasteiger partial charge in [-0.05, 0) is 19.3 Å². The van der Waals surface area contributed by atoms with Crippen LogP contribution in [0.4, 0.5) is 0 Å². The second kappa shape index (κ2) is 4.29. The van der Waals surface area contributed by atoms with Crippen molar-refractivity contribution in [3.05, 3.63) is 0 Å². The van der Waals surface area contributed by atoms with Gasteiger partial charge >= 0.3 is 5.97 Å². The first kappa shape index (κ1) is 12.4. The Labute approximate surface area is 101 Å². The van der Waals surface area contributed by atoms with Crippen LogP contribution in [0.5, 0.6) is 0 Å². The summed E-state index contributed by atoms with van der Waals surface area (Å²) in [6, 6.07) is 0. The lowest BCUT2D eigenvalue weighted by Gasteiger charge is -2.44. The molecule has 1 saturated heterocycles. The molecule has 1 atom stereocenters. The average Bonchev–Trinajstić information content (AvgIpc) is 2.12. The van der Waals surface area contributed by atoms with Gasteiger partial charge in [0.2, 0.25) is 5.91 Å². The maximum atomic E-state index is 11.9. The van der Waals surface area contributed by atoms with Crippen LogP contribution < -0.4 is 5.73 Å². The van der Waals surface area contributed by atoms with Crippen molar-refractivity contribution in [2.45, 2.75) is 38.1 Å². The SMILES string of the molecule is CC(C(=O)O)C1CN(C(=O)CC2(N)CCC2)C1. The Kier molecular flexibility index (Phi) is 3.12. The van der Waals surface area contributed by atoms with Crippen LogP contribution in [0.3, 0.4) is 0 Å². The van der Waals surface area contributed by atoms with Gasteiger partial charge in [-0.1, -0.05) is 6.92 Å². The lowest BCUT2D eigenvalue weighted by atomic mass is 9.74. The van der Waals surface area contributed by atoms with Crippen molar-refractivity contribution in [2.24, 2.45) is 17.6 Å². The zero-order valence-electron chi connectivity index (χ0n) is 10.2. The summed E-state index contributed by atoms with van der Waals surface area (Å²) < 4.78 is 0. The highest BCUT2D eigenvalue weighted by atomic mass is 16.4. The molecule has 0 aromatic rings. The maximum absolute atomic E-state index is 11.9. The fourth-order valence-electron chi connectivity index (χ4n) is 2.45. The van der Waals surface area contributed by atoms with Crippen LogP contribution >= 0.6 is 0 Å². The first-order valence-electron chi connectivity index (χ1n) is 6.21. The van der Waals surface area contributed by atoms with Gasteiger partial charge in [0.05, 0.1) is 5.92 Å². The molecule has 1 unspecified atom stereocenters. The Morgan fingerprint density at radius 2 is 2.06 bits per heavy atom. The first-order valence-corrected chi connectivity index (χ1v) is 6.21. The van der Waals surface area contributed by atoms with Gasteiger partial charge in [-0.3, -0.25) is 9.59 Å². The van der Waals surface area contributed by atoms with E-state index in [0.717, 1.165) is 19.3 Å². The molecule has 2 fully saturated rings. The summed E-state index contributed by atoms with van der Waals surface area (Å²) in [5.41, 5.74) is 5.74. The number of carbonyl (C=O) groups is 2. The molecule has 1 saturated carbocycles. The number of hydrogen-bond donors (Lipinski definition) is 2. The molecule has 17 heavy (non-hydrogen) atoms. The molecule has 1 aliphatic heterocycles. The molecule has 1 amide bonds. The fraction of sp³-hybridized carbons (Fsp3) is 0.833. The molecule has 1 heterocycles. The number of carboxylic acids is 1. The van der Waals surface area contributed by atoms with Gasteiger partial charge in [0.1, 0.15) is 0 Å². The molecule has 0 aromatic carbocycles. The molecule has 0 aromatic heterocycles. The van der Waals surface area contributed by atoms with Crippen molar-refractivity contribution in [2.75, 3.05) is 13.1 Å². The number of carbonyl (C=O) groups excluding carboxylic acids is 1. The van der Waals surface area contributed by atoms with Gasteiger partial charge in [0, 0.05) is 31.0 Å². The van der Waals surface area contributed by atoms with Gasteiger partial charge in [0.25, 0.3) is 0 Å². The number of likely N-dealkylation sites (tertiary alicyclic amines) is 1. The van der Waals surface area contributed by atoms with Crippen LogP contribution in [-0.2, 0) is 9.59 Å². The highest BCUT2D eigenvalue weighted by molar-refractivity contribution is 5.79. The van der Waals surface area contributed by atoms with Crippen molar-refractivity contribution in [1.29, 1.82) is 0 Å². The van der Waals surface area contributed by atoms with Crippen molar-refractivity contribution < 1.29 is 14.7 Å². The van der Waals surface area contributed by atoms with Crippen LogP contribution in [0, 0.1) is 11.8 Å². The minimum absolute atomic E-state index is 0.0843. The Balaban J connectivity index is 1.75. The Morgan fingerprint density at radius 1 is 1.47 bits per heavy atom. The van der Waals surface area contributed by atoms with Crippen molar-refractivity contribution in [1.82, 2.24) is 4.90 Å². The Morgan fingerprint density at radius 3 is 2.47 bits per heavy atom. The third kappa shape index (κ3) is 2.44. The summed E-state index contributed by atoms with van der Waals surface area (Å²) >= 11 is 0. The molecular weight excluding hydrogens is 220 g/mol. The molecule has 0 spiro atoms. The van der Waals surface area contributed by atoms with Crippen LogP contribution in [0.15, 0.2) is 0 Å². The normalized spacial score (nSPS) is 24.7. The number of carboxylic acid groups (broad SMARTS) is 1. The second-order valence-electron chi connectivity index (χ2n) is 5.58. The summed E-state index contributed by atoms with van der Waals surface area (Å²) in [6.07, 6.45) is 3.40. The van der Waals surface area contributed by atoms with Crippen LogP contribution in [0.1, 0.15) is 32.6 Å². The monoisotopic (exact) mass is 240 g/mol. The van der Waals surface area contributed by atoms with Gasteiger partial charge in [0.15, 0.2) is 0 Å². The van der Waals surface area contributed by atoms with Gasteiger partial charge in [-0.15, -0.1) is 0 Å². The third-order valence-electron chi connectivity index (χ3n) is 4.21. The molecule has 3 N–H and O–H groups in total. The van der Waals surface area contributed by atoms with E-state index in [1.54, 1.807) is 11.8 Å². The van der Waals surface area contributed by atoms with Crippen LogP contribution in [0.2, 0.25) is 0 Å². The lowest BCUT2D eigenvalue weighted by Crippen LogP contribution is -2.57. The van der Waals surface area contributed by atoms with E-state index in [1.807, 2.05) is 0 Å². The predicted octanol–water partition coefficient (Wildman–Crippen LogP) is 0.437. The molecule has 2 aliphatic rings. The van der Waals surface area contributed by atoms with E-state index in [2.05, 4.69) is 0 Å². The van der Waals surface area contributed by atoms with Crippen molar-refractivity contribution in [3.63, 3.8) is 0 Å². The maximum Gasteiger partial charge on any atom is 0.306 e. The van der Waals surface area contributed by atoms with Gasteiger partial charge in [-0.25, -0.2) is 0 Å². The number of aliphatic carboxylic acids is 1. The molecular formula is C12H20N2O3. The molecule has 0 bridgehead atoms. The molecule has 1 aliphatic carbocycles. The average molecular weight is 240 g/mol. The minimum atomic E-state index is -0.781. The summed E-state index contributed by atoms with van der Waals surface area (Å²) in [5.74, 6) is -0.960. The smallest absolute Gasteiger partial charge is 0.306 e. The summed E-state index contributed by atoms with van der Waals surface area (Å²) in [5, 5.41) is 8.85. The number of rotatable bonds is 4. The van der Waals surface area contributed by atoms with Gasteiger partial charge < -0.3 is 15.7 Å². The number of nitrogens with two attached hydrogens (primary N) is 1. The predicted molar refractivity (Wildman–Crippen MR) is 62.3 cm³/mol. The third-order valence-corrected chi connectivity index (χ3v) is 4.21. The molecule has 5 heteroatoms. The Bertz CT molecular complexity index is 333. The highest BCUT2D eigenvalue weighted by Crippen LogP contribution is 2.34. The van der Waals surface area contributed by atoms with Gasteiger partial charge in [-0.2, -0.15) is 0 Å². The van der Waals surface area contributed by atoms with Crippen molar-refractivity contribution in [3.8, 4) is 0 Å². The van der Waals surface area contributed by atoms with E-state index in [9.17, 15) is 9.59 Å². The molecule has 96 valence electrons. The molecule has 0 radical (unpaired) electrons. The van der Waals surface area contributed by atoms with E-state index in [-0.39, 0.29) is 23.3 Å². The summed E-state index contributed by atoms with van der Waals surface area (Å²) in [4.78, 5) is 24.4. The topological polar surface area (TPSA) is 83.6 Å². The largest absolute Gasteiger partial charge is 0.481 e. The lowest BCUT2D eigenvalue weighted by molar-refractivity contribution is -0.151. The first-order chi connectivity index (χ1) is 7.91. The zero-order chi connectivity index (χ0) is 12.6. The molecule has 2 rings (SSSR count). The fourth-order valence-corrected chi connectivity index (χ4v) is 2.45. The van der Waals surface area contributed by atoms with E-state index in [4.69, 9.17) is 10.8 Å².